The van der Waals surface area contributed by atoms with Gasteiger partial charge in [0.15, 0.2) is 0 Å². The summed E-state index contributed by atoms with van der Waals surface area (Å²) in [5.41, 5.74) is 0.572. The number of pyridine rings is 1. The molecule has 9 nitrogen and oxygen atoms in total. The molecule has 0 bridgehead atoms. The molecule has 3 aromatic rings. The fourth-order valence-corrected chi connectivity index (χ4v) is 3.01. The topological polar surface area (TPSA) is 105 Å². The van der Waals surface area contributed by atoms with E-state index in [0.29, 0.717) is 35.2 Å². The molecule has 1 atom stereocenters. The SMILES string of the molecule is COC[C@H](C)Oc1cc(Oc2ccc(OC)cc2)cc(C(=O)Nc2ccc(C(=O)OC)cn2)c1. The van der Waals surface area contributed by atoms with E-state index in [-0.39, 0.29) is 17.5 Å². The Balaban J connectivity index is 1.83. The van der Waals surface area contributed by atoms with Gasteiger partial charge in [-0.1, -0.05) is 0 Å². The molecule has 1 N–H and O–H groups in total. The Kier molecular flexibility index (Phi) is 8.42. The summed E-state index contributed by atoms with van der Waals surface area (Å²) in [6, 6.07) is 15.0. The van der Waals surface area contributed by atoms with E-state index in [1.807, 2.05) is 6.92 Å². The Labute approximate surface area is 197 Å². The number of amides is 1. The lowest BCUT2D eigenvalue weighted by atomic mass is 10.1. The maximum absolute atomic E-state index is 12.9. The van der Waals surface area contributed by atoms with Crippen LogP contribution in [0.25, 0.3) is 0 Å². The third kappa shape index (κ3) is 6.69. The quantitative estimate of drug-likeness (QED) is 0.440. The smallest absolute Gasteiger partial charge is 0.339 e. The molecule has 9 heteroatoms. The van der Waals surface area contributed by atoms with Gasteiger partial charge in [0.05, 0.1) is 26.4 Å². The van der Waals surface area contributed by atoms with Crippen LogP contribution in [0.5, 0.6) is 23.0 Å². The van der Waals surface area contributed by atoms with E-state index in [0.717, 1.165) is 0 Å². The predicted molar refractivity (Wildman–Crippen MR) is 125 cm³/mol. The summed E-state index contributed by atoms with van der Waals surface area (Å²) in [5.74, 6) is 1.44. The lowest BCUT2D eigenvalue weighted by molar-refractivity contribution is 0.0600. The molecule has 0 fully saturated rings. The van der Waals surface area contributed by atoms with Crippen molar-refractivity contribution in [2.45, 2.75) is 13.0 Å². The highest BCUT2D eigenvalue weighted by atomic mass is 16.5. The number of carbonyl (C=O) groups is 2. The maximum atomic E-state index is 12.9. The first kappa shape index (κ1) is 24.5. The van der Waals surface area contributed by atoms with E-state index < -0.39 is 11.9 Å². The van der Waals surface area contributed by atoms with Gasteiger partial charge in [-0.3, -0.25) is 4.79 Å². The monoisotopic (exact) mass is 466 g/mol. The third-order valence-corrected chi connectivity index (χ3v) is 4.60. The van der Waals surface area contributed by atoms with Crippen molar-refractivity contribution in [3.05, 3.63) is 71.9 Å². The number of esters is 1. The van der Waals surface area contributed by atoms with Gasteiger partial charge in [0.25, 0.3) is 5.91 Å². The molecule has 2 aromatic carbocycles. The second kappa shape index (κ2) is 11.7. The second-order valence-corrected chi connectivity index (χ2v) is 7.23. The summed E-state index contributed by atoms with van der Waals surface area (Å²) in [6.07, 6.45) is 1.08. The van der Waals surface area contributed by atoms with Crippen LogP contribution in [0, 0.1) is 0 Å². The van der Waals surface area contributed by atoms with Crippen LogP contribution in [-0.2, 0) is 9.47 Å². The van der Waals surface area contributed by atoms with E-state index >= 15 is 0 Å². The molecule has 34 heavy (non-hydrogen) atoms. The van der Waals surface area contributed by atoms with Crippen molar-refractivity contribution in [2.24, 2.45) is 0 Å². The summed E-state index contributed by atoms with van der Waals surface area (Å²) in [7, 11) is 4.45. The minimum Gasteiger partial charge on any atom is -0.497 e. The lowest BCUT2D eigenvalue weighted by Gasteiger charge is -2.16. The molecular formula is C25H26N2O7. The standard InChI is InChI=1S/C25H26N2O7/c1-16(15-30-2)33-21-11-18(12-22(13-21)34-20-8-6-19(31-3)7-9-20)24(28)27-23-10-5-17(14-26-23)25(29)32-4/h5-14,16H,15H2,1-4H3,(H,26,27,28)/t16-/m0/s1. The number of nitrogens with zero attached hydrogens (tertiary/aromatic N) is 1. The zero-order chi connectivity index (χ0) is 24.5. The molecule has 0 spiro atoms. The largest absolute Gasteiger partial charge is 0.497 e. The van der Waals surface area contributed by atoms with E-state index in [1.165, 1.54) is 25.4 Å². The first-order valence-electron chi connectivity index (χ1n) is 10.4. The van der Waals surface area contributed by atoms with Crippen LogP contribution in [0.3, 0.4) is 0 Å². The molecule has 0 aliphatic heterocycles. The van der Waals surface area contributed by atoms with Crippen LogP contribution in [-0.4, -0.2) is 50.9 Å². The van der Waals surface area contributed by atoms with Crippen molar-refractivity contribution in [1.29, 1.82) is 0 Å². The van der Waals surface area contributed by atoms with Gasteiger partial charge in [-0.25, -0.2) is 9.78 Å². The number of aromatic nitrogens is 1. The molecule has 1 amide bonds. The van der Waals surface area contributed by atoms with Gasteiger partial charge >= 0.3 is 5.97 Å². The molecule has 0 saturated heterocycles. The van der Waals surface area contributed by atoms with Crippen LogP contribution in [0.1, 0.15) is 27.6 Å². The van der Waals surface area contributed by atoms with Gasteiger partial charge in [0, 0.05) is 24.9 Å². The number of hydrogen-bond acceptors (Lipinski definition) is 8. The zero-order valence-electron chi connectivity index (χ0n) is 19.4. The summed E-state index contributed by atoms with van der Waals surface area (Å²) in [4.78, 5) is 28.6. The Morgan fingerprint density at radius 1 is 0.882 bits per heavy atom. The van der Waals surface area contributed by atoms with E-state index in [1.54, 1.807) is 56.7 Å². The van der Waals surface area contributed by atoms with E-state index in [4.69, 9.17) is 18.9 Å². The van der Waals surface area contributed by atoms with Gasteiger partial charge < -0.3 is 29.0 Å². The summed E-state index contributed by atoms with van der Waals surface area (Å²) < 4.78 is 26.8. The molecule has 1 heterocycles. The molecule has 3 rings (SSSR count). The average molecular weight is 466 g/mol. The number of ether oxygens (including phenoxy) is 5. The number of hydrogen-bond donors (Lipinski definition) is 1. The minimum absolute atomic E-state index is 0.246. The lowest BCUT2D eigenvalue weighted by Crippen LogP contribution is -2.19. The molecule has 0 aliphatic carbocycles. The summed E-state index contributed by atoms with van der Waals surface area (Å²) in [5, 5.41) is 2.70. The van der Waals surface area contributed by atoms with Crippen molar-refractivity contribution >= 4 is 17.7 Å². The van der Waals surface area contributed by atoms with Gasteiger partial charge in [-0.15, -0.1) is 0 Å². The third-order valence-electron chi connectivity index (χ3n) is 4.60. The Morgan fingerprint density at radius 3 is 2.21 bits per heavy atom. The second-order valence-electron chi connectivity index (χ2n) is 7.23. The Hall–Kier alpha value is -4.11. The van der Waals surface area contributed by atoms with Crippen molar-refractivity contribution in [2.75, 3.05) is 33.3 Å². The summed E-state index contributed by atoms with van der Waals surface area (Å²) >= 11 is 0. The van der Waals surface area contributed by atoms with Crippen molar-refractivity contribution in [3.63, 3.8) is 0 Å². The molecular weight excluding hydrogens is 440 g/mol. The summed E-state index contributed by atoms with van der Waals surface area (Å²) in [6.45, 7) is 2.23. The normalized spacial score (nSPS) is 11.3. The van der Waals surface area contributed by atoms with Crippen molar-refractivity contribution in [1.82, 2.24) is 4.98 Å². The number of nitrogens with one attached hydrogen (secondary N) is 1. The zero-order valence-corrected chi connectivity index (χ0v) is 19.4. The van der Waals surface area contributed by atoms with E-state index in [2.05, 4.69) is 15.0 Å². The van der Waals surface area contributed by atoms with Crippen LogP contribution < -0.4 is 19.5 Å². The number of anilines is 1. The van der Waals surface area contributed by atoms with Crippen LogP contribution >= 0.6 is 0 Å². The highest BCUT2D eigenvalue weighted by Crippen LogP contribution is 2.29. The van der Waals surface area contributed by atoms with Gasteiger partial charge in [-0.2, -0.15) is 0 Å². The van der Waals surface area contributed by atoms with Crippen molar-refractivity contribution < 1.29 is 33.3 Å². The molecule has 0 saturated carbocycles. The molecule has 0 unspecified atom stereocenters. The van der Waals surface area contributed by atoms with Crippen LogP contribution in [0.15, 0.2) is 60.8 Å². The average Bonchev–Trinajstić information content (AvgIpc) is 2.84. The van der Waals surface area contributed by atoms with Crippen molar-refractivity contribution in [3.8, 4) is 23.0 Å². The predicted octanol–water partition coefficient (Wildman–Crippen LogP) is 4.34. The minimum atomic E-state index is -0.513. The van der Waals surface area contributed by atoms with Gasteiger partial charge in [-0.05, 0) is 55.5 Å². The molecule has 0 aliphatic rings. The fraction of sp³-hybridized carbons (Fsp3) is 0.240. The first-order valence-corrected chi connectivity index (χ1v) is 10.4. The molecule has 1 aromatic heterocycles. The number of carbonyl (C=O) groups excluding carboxylic acids is 2. The number of benzene rings is 2. The Morgan fingerprint density at radius 2 is 1.59 bits per heavy atom. The Bertz CT molecular complexity index is 1120. The van der Waals surface area contributed by atoms with Gasteiger partial charge in [0.1, 0.15) is 34.9 Å². The van der Waals surface area contributed by atoms with Crippen LogP contribution in [0.2, 0.25) is 0 Å². The van der Waals surface area contributed by atoms with E-state index in [9.17, 15) is 9.59 Å². The molecule has 178 valence electrons. The number of rotatable bonds is 10. The highest BCUT2D eigenvalue weighted by molar-refractivity contribution is 6.04. The first-order chi connectivity index (χ1) is 16.4. The highest BCUT2D eigenvalue weighted by Gasteiger charge is 2.14. The fourth-order valence-electron chi connectivity index (χ4n) is 3.01. The number of methoxy groups -OCH3 is 3. The van der Waals surface area contributed by atoms with Gasteiger partial charge in [0.2, 0.25) is 0 Å². The maximum Gasteiger partial charge on any atom is 0.339 e. The van der Waals surface area contributed by atoms with Crippen LogP contribution in [0.4, 0.5) is 5.82 Å². The molecule has 0 radical (unpaired) electrons.